The molecule has 4 nitrogen and oxygen atoms in total. The number of primary amides is 1. The second-order valence-electron chi connectivity index (χ2n) is 5.21. The molecule has 0 saturated heterocycles. The predicted molar refractivity (Wildman–Crippen MR) is 65.6 cm³/mol. The first kappa shape index (κ1) is 10.6. The molecule has 2 aliphatic rings. The Morgan fingerprint density at radius 3 is 2.94 bits per heavy atom. The summed E-state index contributed by atoms with van der Waals surface area (Å²) in [5, 5.41) is 3.38. The van der Waals surface area contributed by atoms with Crippen LogP contribution in [0.3, 0.4) is 0 Å². The zero-order chi connectivity index (χ0) is 11.9. The number of rotatable bonds is 1. The summed E-state index contributed by atoms with van der Waals surface area (Å²) >= 11 is 0. The molecule has 3 N–H and O–H groups in total. The molecule has 1 saturated carbocycles. The molecule has 1 amide bonds. The van der Waals surface area contributed by atoms with Crippen molar-refractivity contribution >= 4 is 11.7 Å². The maximum absolute atomic E-state index is 11.2. The lowest BCUT2D eigenvalue weighted by atomic mass is 9.68. The fourth-order valence-electron chi connectivity index (χ4n) is 3.22. The molecule has 3 rings (SSSR count). The maximum atomic E-state index is 11.2. The molecule has 1 aliphatic heterocycles. The number of nitrogens with zero attached hydrogens (tertiary/aromatic N) is 1. The molecule has 0 radical (unpaired) electrons. The van der Waals surface area contributed by atoms with Crippen LogP contribution >= 0.6 is 0 Å². The molecule has 90 valence electrons. The van der Waals surface area contributed by atoms with Crippen LogP contribution in [0.2, 0.25) is 0 Å². The van der Waals surface area contributed by atoms with Gasteiger partial charge in [-0.05, 0) is 31.7 Å². The third kappa shape index (κ3) is 1.59. The molecule has 1 aliphatic carbocycles. The Morgan fingerprint density at radius 1 is 1.47 bits per heavy atom. The SMILES string of the molecule is NC(=O)C1CCC2(CC1)CNc1ncccc12. The Bertz CT molecular complexity index is 450. The molecule has 4 heteroatoms. The first-order valence-electron chi connectivity index (χ1n) is 6.20. The quantitative estimate of drug-likeness (QED) is 0.768. The summed E-state index contributed by atoms with van der Waals surface area (Å²) in [6.45, 7) is 0.949. The zero-order valence-electron chi connectivity index (χ0n) is 9.78. The van der Waals surface area contributed by atoms with E-state index in [-0.39, 0.29) is 17.2 Å². The van der Waals surface area contributed by atoms with Crippen molar-refractivity contribution in [1.82, 2.24) is 4.98 Å². The van der Waals surface area contributed by atoms with Gasteiger partial charge in [0.1, 0.15) is 5.82 Å². The van der Waals surface area contributed by atoms with Gasteiger partial charge in [-0.25, -0.2) is 4.98 Å². The number of nitrogens with two attached hydrogens (primary N) is 1. The van der Waals surface area contributed by atoms with E-state index in [1.165, 1.54) is 5.56 Å². The third-order valence-electron chi connectivity index (χ3n) is 4.32. The van der Waals surface area contributed by atoms with E-state index in [0.29, 0.717) is 0 Å². The summed E-state index contributed by atoms with van der Waals surface area (Å²) in [6, 6.07) is 4.15. The summed E-state index contributed by atoms with van der Waals surface area (Å²) in [6.07, 6.45) is 5.70. The molecular weight excluding hydrogens is 214 g/mol. The van der Waals surface area contributed by atoms with E-state index in [1.807, 2.05) is 12.3 Å². The highest BCUT2D eigenvalue weighted by molar-refractivity contribution is 5.76. The Morgan fingerprint density at radius 2 is 2.24 bits per heavy atom. The standard InChI is InChI=1S/C13H17N3O/c14-11(17)9-3-5-13(6-4-9)8-16-12-10(13)2-1-7-15-12/h1-2,7,9H,3-6,8H2,(H2,14,17)(H,15,16). The minimum Gasteiger partial charge on any atom is -0.369 e. The van der Waals surface area contributed by atoms with Crippen LogP contribution in [0, 0.1) is 5.92 Å². The van der Waals surface area contributed by atoms with Crippen molar-refractivity contribution in [2.24, 2.45) is 11.7 Å². The molecule has 0 atom stereocenters. The monoisotopic (exact) mass is 231 g/mol. The smallest absolute Gasteiger partial charge is 0.220 e. The van der Waals surface area contributed by atoms with Gasteiger partial charge in [-0.15, -0.1) is 0 Å². The van der Waals surface area contributed by atoms with Crippen LogP contribution in [-0.4, -0.2) is 17.4 Å². The van der Waals surface area contributed by atoms with Gasteiger partial charge in [0.25, 0.3) is 0 Å². The van der Waals surface area contributed by atoms with Gasteiger partial charge < -0.3 is 11.1 Å². The first-order valence-corrected chi connectivity index (χ1v) is 6.20. The number of anilines is 1. The van der Waals surface area contributed by atoms with Crippen LogP contribution in [0.25, 0.3) is 0 Å². The number of pyridine rings is 1. The fourth-order valence-corrected chi connectivity index (χ4v) is 3.22. The summed E-state index contributed by atoms with van der Waals surface area (Å²) in [4.78, 5) is 15.6. The number of hydrogen-bond acceptors (Lipinski definition) is 3. The van der Waals surface area contributed by atoms with Gasteiger partial charge in [0, 0.05) is 29.6 Å². The number of aromatic nitrogens is 1. The van der Waals surface area contributed by atoms with Crippen LogP contribution in [-0.2, 0) is 10.2 Å². The Kier molecular flexibility index (Phi) is 2.31. The minimum atomic E-state index is -0.141. The summed E-state index contributed by atoms with van der Waals surface area (Å²) in [5.41, 5.74) is 6.89. The normalized spacial score (nSPS) is 30.9. The van der Waals surface area contributed by atoms with E-state index < -0.39 is 0 Å². The zero-order valence-corrected chi connectivity index (χ0v) is 9.78. The number of fused-ring (bicyclic) bond motifs is 2. The van der Waals surface area contributed by atoms with Crippen molar-refractivity contribution in [3.05, 3.63) is 23.9 Å². The molecule has 1 fully saturated rings. The van der Waals surface area contributed by atoms with Crippen LogP contribution in [0.4, 0.5) is 5.82 Å². The average Bonchev–Trinajstić information content (AvgIpc) is 2.70. The van der Waals surface area contributed by atoms with E-state index in [9.17, 15) is 4.79 Å². The van der Waals surface area contributed by atoms with E-state index in [4.69, 9.17) is 5.73 Å². The largest absolute Gasteiger partial charge is 0.369 e. The van der Waals surface area contributed by atoms with E-state index in [2.05, 4.69) is 16.4 Å². The van der Waals surface area contributed by atoms with Gasteiger partial charge >= 0.3 is 0 Å². The summed E-state index contributed by atoms with van der Waals surface area (Å²) in [5.74, 6) is 0.948. The van der Waals surface area contributed by atoms with Gasteiger partial charge in [0.15, 0.2) is 0 Å². The third-order valence-corrected chi connectivity index (χ3v) is 4.32. The van der Waals surface area contributed by atoms with Gasteiger partial charge in [-0.2, -0.15) is 0 Å². The van der Waals surface area contributed by atoms with Crippen LogP contribution in [0.1, 0.15) is 31.2 Å². The Hall–Kier alpha value is -1.58. The first-order chi connectivity index (χ1) is 8.21. The second-order valence-corrected chi connectivity index (χ2v) is 5.21. The van der Waals surface area contributed by atoms with Crippen molar-refractivity contribution in [3.63, 3.8) is 0 Å². The fraction of sp³-hybridized carbons (Fsp3) is 0.538. The van der Waals surface area contributed by atoms with Gasteiger partial charge in [0.05, 0.1) is 0 Å². The van der Waals surface area contributed by atoms with Crippen molar-refractivity contribution in [3.8, 4) is 0 Å². The molecule has 0 bridgehead atoms. The lowest BCUT2D eigenvalue weighted by Gasteiger charge is -2.36. The van der Waals surface area contributed by atoms with Crippen molar-refractivity contribution in [2.75, 3.05) is 11.9 Å². The second kappa shape index (κ2) is 3.72. The molecule has 1 aromatic heterocycles. The Balaban J connectivity index is 1.85. The van der Waals surface area contributed by atoms with Gasteiger partial charge in [-0.3, -0.25) is 4.79 Å². The molecule has 17 heavy (non-hydrogen) atoms. The topological polar surface area (TPSA) is 68.0 Å². The lowest BCUT2D eigenvalue weighted by molar-refractivity contribution is -0.123. The number of carbonyl (C=O) groups excluding carboxylic acids is 1. The van der Waals surface area contributed by atoms with Gasteiger partial charge in [0.2, 0.25) is 5.91 Å². The summed E-state index contributed by atoms with van der Waals surface area (Å²) < 4.78 is 0. The highest BCUT2D eigenvalue weighted by atomic mass is 16.1. The van der Waals surface area contributed by atoms with Crippen molar-refractivity contribution in [1.29, 1.82) is 0 Å². The van der Waals surface area contributed by atoms with Crippen LogP contribution < -0.4 is 11.1 Å². The maximum Gasteiger partial charge on any atom is 0.220 e. The molecule has 1 aromatic rings. The average molecular weight is 231 g/mol. The Labute approximate surface area is 101 Å². The van der Waals surface area contributed by atoms with Crippen LogP contribution in [0.5, 0.6) is 0 Å². The molecule has 1 spiro atoms. The number of carbonyl (C=O) groups is 1. The van der Waals surface area contributed by atoms with Gasteiger partial charge in [-0.1, -0.05) is 6.07 Å². The lowest BCUT2D eigenvalue weighted by Crippen LogP contribution is -2.37. The number of hydrogen-bond donors (Lipinski definition) is 2. The predicted octanol–water partition coefficient (Wildman–Crippen LogP) is 1.42. The minimum absolute atomic E-state index is 0.0707. The highest BCUT2D eigenvalue weighted by Gasteiger charge is 2.43. The number of amides is 1. The summed E-state index contributed by atoms with van der Waals surface area (Å²) in [7, 11) is 0. The van der Waals surface area contributed by atoms with E-state index >= 15 is 0 Å². The van der Waals surface area contributed by atoms with Crippen molar-refractivity contribution in [2.45, 2.75) is 31.1 Å². The molecule has 0 aromatic carbocycles. The highest BCUT2D eigenvalue weighted by Crippen LogP contribution is 2.46. The van der Waals surface area contributed by atoms with E-state index in [1.54, 1.807) is 0 Å². The molecule has 2 heterocycles. The number of nitrogens with one attached hydrogen (secondary N) is 1. The van der Waals surface area contributed by atoms with E-state index in [0.717, 1.165) is 38.0 Å². The van der Waals surface area contributed by atoms with Crippen molar-refractivity contribution < 1.29 is 4.79 Å². The molecule has 0 unspecified atom stereocenters. The van der Waals surface area contributed by atoms with Crippen LogP contribution in [0.15, 0.2) is 18.3 Å². The molecular formula is C13H17N3O.